The van der Waals surface area contributed by atoms with Crippen LogP contribution in [0.4, 0.5) is 4.79 Å². The first-order valence-electron chi connectivity index (χ1n) is 10.3. The zero-order chi connectivity index (χ0) is 22.8. The van der Waals surface area contributed by atoms with E-state index in [2.05, 4.69) is 17.2 Å². The minimum Gasteiger partial charge on any atom is -0.444 e. The lowest BCUT2D eigenvalue weighted by molar-refractivity contribution is -0.136. The lowest BCUT2D eigenvalue weighted by Gasteiger charge is -2.29. The van der Waals surface area contributed by atoms with Crippen LogP contribution >= 0.6 is 0 Å². The molecule has 8 nitrogen and oxygen atoms in total. The quantitative estimate of drug-likeness (QED) is 0.591. The topological polar surface area (TPSA) is 96.0 Å². The van der Waals surface area contributed by atoms with Crippen molar-refractivity contribution in [1.29, 1.82) is 0 Å². The van der Waals surface area contributed by atoms with E-state index in [0.717, 1.165) is 11.1 Å². The third-order valence-corrected chi connectivity index (χ3v) is 5.08. The zero-order valence-electron chi connectivity index (χ0n) is 18.3. The Morgan fingerprint density at radius 1 is 1.29 bits per heavy atom. The average Bonchev–Trinajstić information content (AvgIpc) is 3.01. The Morgan fingerprint density at radius 2 is 2.03 bits per heavy atom. The fourth-order valence-electron chi connectivity index (χ4n) is 3.52. The Labute approximate surface area is 181 Å². The first-order chi connectivity index (χ1) is 14.6. The molecule has 1 atom stereocenters. The number of nitrogens with zero attached hydrogens (tertiary/aromatic N) is 2. The molecule has 1 fully saturated rings. The molecule has 31 heavy (non-hydrogen) atoms. The SMILES string of the molecule is CN(CCC#Cc1cccc2c1CN(C1CCC(=O)NC1=O)C2=O)C(=O)OC(C)(C)C. The molecule has 164 valence electrons. The van der Waals surface area contributed by atoms with Crippen molar-refractivity contribution in [3.63, 3.8) is 0 Å². The molecule has 1 unspecified atom stereocenters. The minimum absolute atomic E-state index is 0.217. The summed E-state index contributed by atoms with van der Waals surface area (Å²) in [5, 5.41) is 2.30. The number of nitrogens with one attached hydrogen (secondary N) is 1. The van der Waals surface area contributed by atoms with Crippen molar-refractivity contribution in [2.45, 2.75) is 58.2 Å². The van der Waals surface area contributed by atoms with Crippen LogP contribution in [0.1, 0.15) is 61.5 Å². The van der Waals surface area contributed by atoms with Gasteiger partial charge in [0.05, 0.1) is 0 Å². The van der Waals surface area contributed by atoms with E-state index >= 15 is 0 Å². The number of hydrogen-bond donors (Lipinski definition) is 1. The number of carbonyl (C=O) groups excluding carboxylic acids is 4. The molecule has 8 heteroatoms. The molecule has 1 aromatic rings. The summed E-state index contributed by atoms with van der Waals surface area (Å²) in [5.74, 6) is 5.17. The second-order valence-corrected chi connectivity index (χ2v) is 8.69. The van der Waals surface area contributed by atoms with Crippen LogP contribution in [0.2, 0.25) is 0 Å². The molecular weight excluding hydrogens is 398 g/mol. The monoisotopic (exact) mass is 425 g/mol. The van der Waals surface area contributed by atoms with E-state index in [4.69, 9.17) is 4.74 Å². The lowest BCUT2D eigenvalue weighted by Crippen LogP contribution is -2.52. The Balaban J connectivity index is 1.66. The summed E-state index contributed by atoms with van der Waals surface area (Å²) in [5.41, 5.74) is 1.48. The van der Waals surface area contributed by atoms with Gasteiger partial charge in [-0.25, -0.2) is 4.79 Å². The van der Waals surface area contributed by atoms with Crippen LogP contribution in [0.5, 0.6) is 0 Å². The third-order valence-electron chi connectivity index (χ3n) is 5.08. The number of fused-ring (bicyclic) bond motifs is 1. The normalized spacial score (nSPS) is 18.1. The van der Waals surface area contributed by atoms with Crippen molar-refractivity contribution in [3.05, 3.63) is 34.9 Å². The van der Waals surface area contributed by atoms with Crippen molar-refractivity contribution in [3.8, 4) is 11.8 Å². The van der Waals surface area contributed by atoms with Crippen molar-refractivity contribution >= 4 is 23.8 Å². The third kappa shape index (κ3) is 5.23. The fourth-order valence-corrected chi connectivity index (χ4v) is 3.52. The maximum atomic E-state index is 12.8. The van der Waals surface area contributed by atoms with E-state index in [-0.39, 0.29) is 24.8 Å². The van der Waals surface area contributed by atoms with E-state index in [1.165, 1.54) is 9.80 Å². The summed E-state index contributed by atoms with van der Waals surface area (Å²) in [6.45, 7) is 6.14. The molecule has 0 saturated carbocycles. The second-order valence-electron chi connectivity index (χ2n) is 8.69. The second kappa shape index (κ2) is 8.80. The molecule has 4 amide bonds. The molecule has 2 heterocycles. The van der Waals surface area contributed by atoms with Crippen LogP contribution in [0.3, 0.4) is 0 Å². The number of hydrogen-bond acceptors (Lipinski definition) is 5. The molecule has 0 bridgehead atoms. The molecule has 0 aliphatic carbocycles. The lowest BCUT2D eigenvalue weighted by atomic mass is 10.0. The Morgan fingerprint density at radius 3 is 2.71 bits per heavy atom. The maximum Gasteiger partial charge on any atom is 0.410 e. The average molecular weight is 425 g/mol. The number of rotatable bonds is 3. The molecule has 1 aromatic carbocycles. The van der Waals surface area contributed by atoms with Crippen LogP contribution in [0, 0.1) is 11.8 Å². The molecule has 1 N–H and O–H groups in total. The summed E-state index contributed by atoms with van der Waals surface area (Å²) < 4.78 is 5.31. The number of amides is 4. The van der Waals surface area contributed by atoms with Crippen molar-refractivity contribution in [2.24, 2.45) is 0 Å². The predicted octanol–water partition coefficient (Wildman–Crippen LogP) is 2.06. The molecule has 0 spiro atoms. The number of benzene rings is 1. The van der Waals surface area contributed by atoms with Gasteiger partial charge in [0.1, 0.15) is 11.6 Å². The van der Waals surface area contributed by atoms with Gasteiger partial charge in [0.25, 0.3) is 5.91 Å². The molecule has 0 aromatic heterocycles. The molecule has 3 rings (SSSR count). The predicted molar refractivity (Wildman–Crippen MR) is 113 cm³/mol. The van der Waals surface area contributed by atoms with Crippen LogP contribution in [-0.2, 0) is 20.9 Å². The number of ether oxygens (including phenoxy) is 1. The largest absolute Gasteiger partial charge is 0.444 e. The van der Waals surface area contributed by atoms with Crippen LogP contribution in [0.25, 0.3) is 0 Å². The van der Waals surface area contributed by atoms with E-state index in [0.29, 0.717) is 24.9 Å². The highest BCUT2D eigenvalue weighted by molar-refractivity contribution is 6.05. The Kier molecular flexibility index (Phi) is 6.34. The Hall–Kier alpha value is -3.34. The molecule has 2 aliphatic rings. The van der Waals surface area contributed by atoms with Gasteiger partial charge in [-0.05, 0) is 44.9 Å². The number of carbonyl (C=O) groups is 4. The van der Waals surface area contributed by atoms with Crippen LogP contribution in [0.15, 0.2) is 18.2 Å². The zero-order valence-corrected chi connectivity index (χ0v) is 18.3. The van der Waals surface area contributed by atoms with Gasteiger partial charge in [-0.15, -0.1) is 0 Å². The van der Waals surface area contributed by atoms with Crippen molar-refractivity contribution in [2.75, 3.05) is 13.6 Å². The van der Waals surface area contributed by atoms with Gasteiger partial charge in [0.15, 0.2) is 0 Å². The molecule has 2 aliphatic heterocycles. The van der Waals surface area contributed by atoms with Crippen LogP contribution < -0.4 is 5.32 Å². The maximum absolute atomic E-state index is 12.8. The highest BCUT2D eigenvalue weighted by Gasteiger charge is 2.39. The van der Waals surface area contributed by atoms with Crippen molar-refractivity contribution < 1.29 is 23.9 Å². The molecule has 0 radical (unpaired) electrons. The Bertz CT molecular complexity index is 983. The summed E-state index contributed by atoms with van der Waals surface area (Å²) in [4.78, 5) is 51.4. The van der Waals surface area contributed by atoms with Gasteiger partial charge in [0.2, 0.25) is 11.8 Å². The van der Waals surface area contributed by atoms with E-state index in [1.54, 1.807) is 19.2 Å². The van der Waals surface area contributed by atoms with Crippen molar-refractivity contribution in [1.82, 2.24) is 15.1 Å². The van der Waals surface area contributed by atoms with E-state index in [9.17, 15) is 19.2 Å². The minimum atomic E-state index is -0.652. The number of imide groups is 1. The summed E-state index contributed by atoms with van der Waals surface area (Å²) >= 11 is 0. The van der Waals surface area contributed by atoms with Gasteiger partial charge in [-0.3, -0.25) is 19.7 Å². The summed E-state index contributed by atoms with van der Waals surface area (Å²) in [6, 6.07) is 4.68. The first kappa shape index (κ1) is 22.3. The number of piperidine rings is 1. The van der Waals surface area contributed by atoms with Crippen LogP contribution in [-0.4, -0.2) is 58.8 Å². The van der Waals surface area contributed by atoms with E-state index < -0.39 is 23.6 Å². The standard InChI is InChI=1S/C23H27N3O5/c1-23(2,3)31-22(30)25(4)13-6-5-8-15-9-7-10-16-17(15)14-26(21(16)29)18-11-12-19(27)24-20(18)28/h7,9-10,18H,6,11-14H2,1-4H3,(H,24,27,28). The van der Waals surface area contributed by atoms with Gasteiger partial charge in [-0.2, -0.15) is 0 Å². The highest BCUT2D eigenvalue weighted by Crippen LogP contribution is 2.29. The first-order valence-corrected chi connectivity index (χ1v) is 10.3. The fraction of sp³-hybridized carbons (Fsp3) is 0.478. The van der Waals surface area contributed by atoms with Gasteiger partial charge < -0.3 is 14.5 Å². The molecule has 1 saturated heterocycles. The smallest absolute Gasteiger partial charge is 0.410 e. The van der Waals surface area contributed by atoms with Gasteiger partial charge in [-0.1, -0.05) is 17.9 Å². The summed E-state index contributed by atoms with van der Waals surface area (Å²) in [7, 11) is 1.66. The van der Waals surface area contributed by atoms with Gasteiger partial charge >= 0.3 is 6.09 Å². The highest BCUT2D eigenvalue weighted by atomic mass is 16.6. The van der Waals surface area contributed by atoms with Gasteiger partial charge in [0, 0.05) is 44.1 Å². The summed E-state index contributed by atoms with van der Waals surface area (Å²) in [6.07, 6.45) is 0.585. The van der Waals surface area contributed by atoms with E-state index in [1.807, 2.05) is 26.8 Å². The molecular formula is C23H27N3O5.